The molecule has 1 fully saturated rings. The number of anilines is 6. The molecule has 34 heavy (non-hydrogen) atoms. The van der Waals surface area contributed by atoms with E-state index in [4.69, 9.17) is 16.3 Å². The van der Waals surface area contributed by atoms with E-state index in [1.807, 2.05) is 44.1 Å². The van der Waals surface area contributed by atoms with Crippen molar-refractivity contribution in [3.8, 4) is 5.75 Å². The smallest absolute Gasteiger partial charge is 0.229 e. The number of nitrogens with one attached hydrogen (secondary N) is 2. The van der Waals surface area contributed by atoms with Gasteiger partial charge in [0.05, 0.1) is 24.2 Å². The molecule has 0 aliphatic carbocycles. The van der Waals surface area contributed by atoms with Crippen LogP contribution >= 0.6 is 11.6 Å². The first-order chi connectivity index (χ1) is 16.4. The molecule has 10 heteroatoms. The lowest BCUT2D eigenvalue weighted by molar-refractivity contribution is 0.312. The molecule has 0 atom stereocenters. The molecule has 0 spiro atoms. The molecule has 9 nitrogen and oxygen atoms in total. The Balaban J connectivity index is 1.56. The maximum absolute atomic E-state index is 6.40. The van der Waals surface area contributed by atoms with E-state index in [0.29, 0.717) is 23.4 Å². The third kappa shape index (κ3) is 5.60. The van der Waals surface area contributed by atoms with Gasteiger partial charge in [-0.1, -0.05) is 11.6 Å². The molecule has 3 heterocycles. The first-order valence-electron chi connectivity index (χ1n) is 11.3. The molecule has 0 radical (unpaired) electrons. The summed E-state index contributed by atoms with van der Waals surface area (Å²) in [4.78, 5) is 20.0. The second-order valence-corrected chi connectivity index (χ2v) is 8.72. The van der Waals surface area contributed by atoms with E-state index in [0.717, 1.165) is 54.8 Å². The van der Waals surface area contributed by atoms with Crippen molar-refractivity contribution in [2.24, 2.45) is 0 Å². The molecular formula is C24H31ClN8O. The molecule has 1 aliphatic rings. The van der Waals surface area contributed by atoms with Crippen LogP contribution in [0.4, 0.5) is 34.6 Å². The number of pyridine rings is 1. The molecule has 1 aliphatic heterocycles. The Hall–Kier alpha value is -3.30. The van der Waals surface area contributed by atoms with Crippen LogP contribution in [0.15, 0.2) is 42.7 Å². The van der Waals surface area contributed by atoms with Crippen LogP contribution in [-0.4, -0.2) is 73.8 Å². The van der Waals surface area contributed by atoms with E-state index in [9.17, 15) is 0 Å². The third-order valence-corrected chi connectivity index (χ3v) is 5.86. The first-order valence-corrected chi connectivity index (χ1v) is 11.7. The van der Waals surface area contributed by atoms with E-state index in [2.05, 4.69) is 54.6 Å². The number of rotatable bonds is 8. The zero-order valence-electron chi connectivity index (χ0n) is 20.0. The van der Waals surface area contributed by atoms with E-state index in [1.54, 1.807) is 12.4 Å². The van der Waals surface area contributed by atoms with Crippen molar-refractivity contribution in [2.45, 2.75) is 6.92 Å². The largest absolute Gasteiger partial charge is 0.492 e. The highest BCUT2D eigenvalue weighted by atomic mass is 35.5. The monoisotopic (exact) mass is 482 g/mol. The highest BCUT2D eigenvalue weighted by Gasteiger charge is 2.17. The molecule has 180 valence electrons. The van der Waals surface area contributed by atoms with Gasteiger partial charge in [-0.15, -0.1) is 0 Å². The maximum Gasteiger partial charge on any atom is 0.229 e. The maximum atomic E-state index is 6.40. The Bertz CT molecular complexity index is 1120. The van der Waals surface area contributed by atoms with Gasteiger partial charge in [0, 0.05) is 58.2 Å². The number of piperazine rings is 1. The normalized spacial score (nSPS) is 14.1. The third-order valence-electron chi connectivity index (χ3n) is 5.59. The van der Waals surface area contributed by atoms with Crippen molar-refractivity contribution in [1.82, 2.24) is 19.9 Å². The molecule has 2 N–H and O–H groups in total. The van der Waals surface area contributed by atoms with Crippen molar-refractivity contribution < 1.29 is 4.74 Å². The van der Waals surface area contributed by atoms with Crippen molar-refractivity contribution >= 4 is 46.2 Å². The number of likely N-dealkylation sites (N-methyl/N-ethyl adjacent to an activating group) is 1. The predicted octanol–water partition coefficient (Wildman–Crippen LogP) is 4.23. The van der Waals surface area contributed by atoms with Crippen LogP contribution in [0.5, 0.6) is 5.75 Å². The van der Waals surface area contributed by atoms with Gasteiger partial charge < -0.3 is 30.1 Å². The quantitative estimate of drug-likeness (QED) is 0.490. The van der Waals surface area contributed by atoms with E-state index in [1.165, 1.54) is 0 Å². The Morgan fingerprint density at radius 3 is 2.59 bits per heavy atom. The molecule has 0 bridgehead atoms. The van der Waals surface area contributed by atoms with Crippen molar-refractivity contribution in [2.75, 3.05) is 74.4 Å². The average Bonchev–Trinajstić information content (AvgIpc) is 2.83. The van der Waals surface area contributed by atoms with Crippen LogP contribution in [0, 0.1) is 0 Å². The zero-order valence-corrected chi connectivity index (χ0v) is 20.8. The van der Waals surface area contributed by atoms with Gasteiger partial charge in [-0.2, -0.15) is 4.98 Å². The lowest BCUT2D eigenvalue weighted by atomic mass is 10.2. The second kappa shape index (κ2) is 10.8. The van der Waals surface area contributed by atoms with Crippen LogP contribution in [0.25, 0.3) is 0 Å². The highest BCUT2D eigenvalue weighted by Crippen LogP contribution is 2.33. The van der Waals surface area contributed by atoms with Gasteiger partial charge in [-0.3, -0.25) is 0 Å². The fourth-order valence-electron chi connectivity index (χ4n) is 3.76. The molecule has 0 unspecified atom stereocenters. The Morgan fingerprint density at radius 1 is 1.06 bits per heavy atom. The Kier molecular flexibility index (Phi) is 7.54. The molecule has 0 saturated carbocycles. The summed E-state index contributed by atoms with van der Waals surface area (Å²) in [7, 11) is 6.02. The minimum Gasteiger partial charge on any atom is -0.492 e. The van der Waals surface area contributed by atoms with Crippen molar-refractivity contribution in [3.05, 3.63) is 47.7 Å². The van der Waals surface area contributed by atoms with E-state index >= 15 is 0 Å². The van der Waals surface area contributed by atoms with Gasteiger partial charge in [0.1, 0.15) is 10.8 Å². The number of aromatic nitrogens is 3. The van der Waals surface area contributed by atoms with Gasteiger partial charge in [0.25, 0.3) is 0 Å². The summed E-state index contributed by atoms with van der Waals surface area (Å²) in [5.74, 6) is 2.44. The van der Waals surface area contributed by atoms with Crippen LogP contribution in [0.3, 0.4) is 0 Å². The molecule has 0 amide bonds. The van der Waals surface area contributed by atoms with E-state index in [-0.39, 0.29) is 0 Å². The summed E-state index contributed by atoms with van der Waals surface area (Å²) in [6, 6.07) is 9.97. The van der Waals surface area contributed by atoms with E-state index < -0.39 is 0 Å². The first kappa shape index (κ1) is 23.8. The lowest BCUT2D eigenvalue weighted by Crippen LogP contribution is -2.44. The summed E-state index contributed by atoms with van der Waals surface area (Å²) >= 11 is 6.40. The van der Waals surface area contributed by atoms with Gasteiger partial charge in [0.15, 0.2) is 11.6 Å². The zero-order chi connectivity index (χ0) is 24.1. The Labute approximate surface area is 205 Å². The minimum absolute atomic E-state index is 0.412. The van der Waals surface area contributed by atoms with Gasteiger partial charge in [0.2, 0.25) is 5.95 Å². The second-order valence-electron chi connectivity index (χ2n) is 8.31. The molecule has 1 aromatic carbocycles. The number of nitrogens with zero attached hydrogens (tertiary/aromatic N) is 6. The van der Waals surface area contributed by atoms with Crippen LogP contribution in [0.1, 0.15) is 6.92 Å². The number of ether oxygens (including phenoxy) is 1. The number of hydrogen-bond donors (Lipinski definition) is 2. The molecule has 1 saturated heterocycles. The summed E-state index contributed by atoms with van der Waals surface area (Å²) in [5.41, 5.74) is 2.74. The highest BCUT2D eigenvalue weighted by molar-refractivity contribution is 6.33. The molecule has 3 aromatic rings. The molecule has 2 aromatic heterocycles. The van der Waals surface area contributed by atoms with Gasteiger partial charge in [-0.05, 0) is 38.2 Å². The topological polar surface area (TPSA) is 81.7 Å². The Morgan fingerprint density at radius 2 is 1.85 bits per heavy atom. The molecule has 4 rings (SSSR count). The van der Waals surface area contributed by atoms with Crippen molar-refractivity contribution in [1.29, 1.82) is 0 Å². The average molecular weight is 483 g/mol. The van der Waals surface area contributed by atoms with Crippen LogP contribution < -0.4 is 25.2 Å². The number of halogens is 1. The summed E-state index contributed by atoms with van der Waals surface area (Å²) in [6.07, 6.45) is 3.32. The molecular weight excluding hydrogens is 452 g/mol. The summed E-state index contributed by atoms with van der Waals surface area (Å²) in [5, 5.41) is 6.97. The van der Waals surface area contributed by atoms with Crippen LogP contribution in [-0.2, 0) is 0 Å². The fraction of sp³-hybridized carbons (Fsp3) is 0.375. The number of hydrogen-bond acceptors (Lipinski definition) is 9. The lowest BCUT2D eigenvalue weighted by Gasteiger charge is -2.34. The SMILES string of the molecule is CCOc1cc(N2CCN(C)CC2)ccc1Nc1ncc(Cl)c(Nc2cccnc2N(C)C)n1. The summed E-state index contributed by atoms with van der Waals surface area (Å²) in [6.45, 7) is 6.61. The predicted molar refractivity (Wildman–Crippen MR) is 139 cm³/mol. The van der Waals surface area contributed by atoms with Gasteiger partial charge in [-0.25, -0.2) is 9.97 Å². The minimum atomic E-state index is 0.412. The standard InChI is InChI=1S/C24H31ClN8O/c1-5-34-21-15-17(33-13-11-32(4)12-14-33)8-9-19(21)29-24-27-16-18(25)22(30-24)28-20-7-6-10-26-23(20)31(2)3/h6-10,15-16H,5,11-14H2,1-4H3,(H2,27,28,29,30). The van der Waals surface area contributed by atoms with Gasteiger partial charge >= 0.3 is 0 Å². The van der Waals surface area contributed by atoms with Crippen molar-refractivity contribution in [3.63, 3.8) is 0 Å². The van der Waals surface area contributed by atoms with Crippen LogP contribution in [0.2, 0.25) is 5.02 Å². The summed E-state index contributed by atoms with van der Waals surface area (Å²) < 4.78 is 5.94. The fourth-order valence-corrected chi connectivity index (χ4v) is 3.90. The number of benzene rings is 1.